The van der Waals surface area contributed by atoms with E-state index < -0.39 is 50.3 Å². The van der Waals surface area contributed by atoms with Gasteiger partial charge in [-0.25, -0.2) is 13.1 Å². The number of sulfonamides is 1. The van der Waals surface area contributed by atoms with Gasteiger partial charge in [0.05, 0.1) is 37.6 Å². The third kappa shape index (κ3) is 7.98. The SMILES string of the molecule is O=C1NC2(CCOc3ccc(C(F)(F)F)cc3S(=O)(=O)N3C[C@H](OCc4cn(Cc5ccccc5)nn4)C[C@@H]13)CCN(Cc1ccccc1Cl)CC2. The van der Waals surface area contributed by atoms with Crippen molar-refractivity contribution >= 4 is 27.5 Å². The number of amides is 1. The van der Waals surface area contributed by atoms with E-state index in [-0.39, 0.29) is 31.9 Å². The third-order valence-electron chi connectivity index (χ3n) is 10.0. The zero-order chi connectivity index (χ0) is 36.5. The van der Waals surface area contributed by atoms with Crippen LogP contribution in [0.4, 0.5) is 13.2 Å². The Hall–Kier alpha value is -4.02. The molecule has 1 amide bonds. The minimum atomic E-state index is -4.80. The molecule has 276 valence electrons. The molecule has 1 spiro atoms. The highest BCUT2D eigenvalue weighted by molar-refractivity contribution is 7.89. The maximum absolute atomic E-state index is 14.3. The molecule has 1 aromatic heterocycles. The summed E-state index contributed by atoms with van der Waals surface area (Å²) in [6.45, 7) is 2.09. The average molecular weight is 759 g/mol. The summed E-state index contributed by atoms with van der Waals surface area (Å²) in [7, 11) is -4.67. The monoisotopic (exact) mass is 758 g/mol. The zero-order valence-corrected chi connectivity index (χ0v) is 29.7. The molecule has 7 rings (SSSR count). The molecule has 0 saturated carbocycles. The molecule has 3 aliphatic heterocycles. The first kappa shape index (κ1) is 36.3. The molecule has 4 heterocycles. The van der Waals surface area contributed by atoms with Crippen LogP contribution >= 0.6 is 11.6 Å². The number of hydrogen-bond acceptors (Lipinski definition) is 8. The Bertz CT molecular complexity index is 2010. The summed E-state index contributed by atoms with van der Waals surface area (Å²) >= 11 is 6.41. The molecule has 52 heavy (non-hydrogen) atoms. The van der Waals surface area contributed by atoms with Crippen LogP contribution in [0, 0.1) is 0 Å². The fraction of sp³-hybridized carbons (Fsp3) is 0.417. The smallest absolute Gasteiger partial charge is 0.416 e. The predicted molar refractivity (Wildman–Crippen MR) is 185 cm³/mol. The van der Waals surface area contributed by atoms with Crippen LogP contribution in [-0.2, 0) is 45.4 Å². The van der Waals surface area contributed by atoms with Crippen molar-refractivity contribution in [2.75, 3.05) is 26.2 Å². The predicted octanol–water partition coefficient (Wildman–Crippen LogP) is 5.28. The summed E-state index contributed by atoms with van der Waals surface area (Å²) in [6, 6.07) is 18.5. The number of nitrogens with zero attached hydrogens (tertiary/aromatic N) is 5. The van der Waals surface area contributed by atoms with Gasteiger partial charge in [-0.1, -0.05) is 65.3 Å². The normalized spacial score (nSPS) is 22.2. The minimum Gasteiger partial charge on any atom is -0.492 e. The summed E-state index contributed by atoms with van der Waals surface area (Å²) in [4.78, 5) is 15.8. The quantitative estimate of drug-likeness (QED) is 0.271. The van der Waals surface area contributed by atoms with Crippen LogP contribution in [0.1, 0.15) is 48.1 Å². The highest BCUT2D eigenvalue weighted by Crippen LogP contribution is 2.39. The van der Waals surface area contributed by atoms with Gasteiger partial charge >= 0.3 is 6.18 Å². The second-order valence-electron chi connectivity index (χ2n) is 13.5. The van der Waals surface area contributed by atoms with Crippen molar-refractivity contribution in [3.8, 4) is 5.75 Å². The molecule has 0 unspecified atom stereocenters. The number of ether oxygens (including phenoxy) is 2. The number of carbonyl (C=O) groups excluding carboxylic acids is 1. The van der Waals surface area contributed by atoms with Gasteiger partial charge in [0.25, 0.3) is 0 Å². The number of fused-ring (bicyclic) bond motifs is 2. The fourth-order valence-corrected chi connectivity index (χ4v) is 9.11. The van der Waals surface area contributed by atoms with Gasteiger partial charge in [-0.3, -0.25) is 9.69 Å². The maximum atomic E-state index is 14.3. The number of nitrogens with one attached hydrogen (secondary N) is 1. The average Bonchev–Trinajstić information content (AvgIpc) is 3.77. The number of alkyl halides is 3. The van der Waals surface area contributed by atoms with E-state index in [2.05, 4.69) is 20.5 Å². The first-order valence-electron chi connectivity index (χ1n) is 17.1. The van der Waals surface area contributed by atoms with Gasteiger partial charge in [-0.05, 0) is 48.2 Å². The van der Waals surface area contributed by atoms with Crippen molar-refractivity contribution in [3.05, 3.63) is 106 Å². The highest BCUT2D eigenvalue weighted by atomic mass is 35.5. The number of benzene rings is 3. The molecule has 3 aromatic carbocycles. The van der Waals surface area contributed by atoms with Crippen molar-refractivity contribution < 1.29 is 35.9 Å². The van der Waals surface area contributed by atoms with Crippen LogP contribution in [0.25, 0.3) is 0 Å². The van der Waals surface area contributed by atoms with E-state index in [0.717, 1.165) is 27.6 Å². The van der Waals surface area contributed by atoms with E-state index in [4.69, 9.17) is 21.1 Å². The molecule has 3 aliphatic rings. The fourth-order valence-electron chi connectivity index (χ4n) is 7.13. The van der Waals surface area contributed by atoms with Crippen molar-refractivity contribution in [1.29, 1.82) is 0 Å². The Kier molecular flexibility index (Phi) is 10.3. The number of likely N-dealkylation sites (tertiary alicyclic amines) is 1. The van der Waals surface area contributed by atoms with Crippen molar-refractivity contribution in [3.63, 3.8) is 0 Å². The van der Waals surface area contributed by atoms with Crippen LogP contribution in [0.2, 0.25) is 5.02 Å². The molecule has 0 bridgehead atoms. The first-order valence-corrected chi connectivity index (χ1v) is 18.9. The molecule has 2 fully saturated rings. The molecule has 11 nitrogen and oxygen atoms in total. The number of hydrogen-bond donors (Lipinski definition) is 1. The van der Waals surface area contributed by atoms with E-state index in [9.17, 15) is 26.4 Å². The van der Waals surface area contributed by atoms with E-state index in [1.54, 1.807) is 10.9 Å². The Balaban J connectivity index is 1.13. The topological polar surface area (TPSA) is 119 Å². The molecule has 16 heteroatoms. The summed E-state index contributed by atoms with van der Waals surface area (Å²) in [5.74, 6) is -0.731. The number of halogens is 4. The lowest BCUT2D eigenvalue weighted by molar-refractivity contribution is -0.137. The lowest BCUT2D eigenvalue weighted by Crippen LogP contribution is -2.59. The van der Waals surface area contributed by atoms with E-state index >= 15 is 0 Å². The van der Waals surface area contributed by atoms with Crippen LogP contribution in [0.3, 0.4) is 0 Å². The van der Waals surface area contributed by atoms with Crippen molar-refractivity contribution in [2.45, 2.75) is 74.1 Å². The largest absolute Gasteiger partial charge is 0.492 e. The molecule has 4 aromatic rings. The lowest BCUT2D eigenvalue weighted by atomic mass is 9.84. The number of piperidine rings is 1. The van der Waals surface area contributed by atoms with E-state index in [1.807, 2.05) is 54.6 Å². The number of aromatic nitrogens is 3. The summed E-state index contributed by atoms with van der Waals surface area (Å²) < 4.78 is 84.8. The molecule has 1 N–H and O–H groups in total. The van der Waals surface area contributed by atoms with Gasteiger partial charge < -0.3 is 14.8 Å². The van der Waals surface area contributed by atoms with Gasteiger partial charge in [0.15, 0.2) is 0 Å². The van der Waals surface area contributed by atoms with Gasteiger partial charge in [0.2, 0.25) is 15.9 Å². The van der Waals surface area contributed by atoms with Crippen LogP contribution < -0.4 is 10.1 Å². The summed E-state index contributed by atoms with van der Waals surface area (Å²) in [5, 5.41) is 12.2. The van der Waals surface area contributed by atoms with Gasteiger partial charge in [0, 0.05) is 49.6 Å². The van der Waals surface area contributed by atoms with Crippen LogP contribution in [0.5, 0.6) is 5.75 Å². The zero-order valence-electron chi connectivity index (χ0n) is 28.1. The van der Waals surface area contributed by atoms with E-state index in [1.165, 1.54) is 0 Å². The van der Waals surface area contributed by atoms with Gasteiger partial charge in [-0.15, -0.1) is 5.10 Å². The standard InChI is InChI=1S/C36H38ClF3N6O5S/c37-30-9-5-4-8-26(30)21-44-15-12-35(13-16-44)14-17-50-32-11-10-27(36(38,39)40)18-33(32)52(48,49)46-23-29(19-31(46)34(47)41-35)51-24-28-22-45(43-42-28)20-25-6-2-1-3-7-25/h1-11,18,22,29,31H,12-17,19-21,23-24H2,(H,41,47)/t29-,31+/m1/s1. The number of carbonyl (C=O) groups is 1. The molecular weight excluding hydrogens is 721 g/mol. The Morgan fingerprint density at radius 2 is 1.75 bits per heavy atom. The Labute approximate surface area is 304 Å². The molecule has 2 saturated heterocycles. The first-order chi connectivity index (χ1) is 24.9. The van der Waals surface area contributed by atoms with Crippen LogP contribution in [0.15, 0.2) is 83.9 Å². The van der Waals surface area contributed by atoms with Gasteiger partial charge in [-0.2, -0.15) is 17.5 Å². The second kappa shape index (κ2) is 14.8. The third-order valence-corrected chi connectivity index (χ3v) is 12.3. The molecular formula is C36H38ClF3N6O5S. The minimum absolute atomic E-state index is 0.00687. The van der Waals surface area contributed by atoms with Crippen LogP contribution in [-0.4, -0.2) is 82.4 Å². The Morgan fingerprint density at radius 3 is 2.50 bits per heavy atom. The number of rotatable bonds is 7. The van der Waals surface area contributed by atoms with Crippen molar-refractivity contribution in [1.82, 2.24) is 29.5 Å². The van der Waals surface area contributed by atoms with Crippen molar-refractivity contribution in [2.24, 2.45) is 0 Å². The molecule has 2 atom stereocenters. The highest BCUT2D eigenvalue weighted by Gasteiger charge is 2.48. The lowest BCUT2D eigenvalue weighted by Gasteiger charge is -2.43. The Morgan fingerprint density at radius 1 is 1.00 bits per heavy atom. The molecule has 0 radical (unpaired) electrons. The molecule has 0 aliphatic carbocycles. The van der Waals surface area contributed by atoms with E-state index in [0.29, 0.717) is 62.2 Å². The second-order valence-corrected chi connectivity index (χ2v) is 15.8. The summed E-state index contributed by atoms with van der Waals surface area (Å²) in [5.41, 5.74) is 0.642. The van der Waals surface area contributed by atoms with Gasteiger partial charge in [0.1, 0.15) is 22.4 Å². The maximum Gasteiger partial charge on any atom is 0.416 e. The summed E-state index contributed by atoms with van der Waals surface area (Å²) in [6.07, 6.45) is -2.42.